The van der Waals surface area contributed by atoms with Crippen LogP contribution in [0.4, 0.5) is 0 Å². The second kappa shape index (κ2) is 8.77. The van der Waals surface area contributed by atoms with E-state index in [1.807, 2.05) is 30.3 Å². The average Bonchev–Trinajstić information content (AvgIpc) is 3.46. The summed E-state index contributed by atoms with van der Waals surface area (Å²) in [6, 6.07) is 11.7. The maximum atomic E-state index is 12.7. The number of aryl methyl sites for hydroxylation is 1. The molecule has 1 aliphatic carbocycles. The van der Waals surface area contributed by atoms with Crippen LogP contribution >= 0.6 is 0 Å². The zero-order valence-corrected chi connectivity index (χ0v) is 16.8. The Hall–Kier alpha value is -2.03. The molecule has 2 atom stereocenters. The average molecular weight is 369 g/mol. The van der Waals surface area contributed by atoms with E-state index < -0.39 is 0 Å². The third-order valence-electron chi connectivity index (χ3n) is 5.70. The minimum atomic E-state index is -0.374. The Kier molecular flexibility index (Phi) is 6.41. The van der Waals surface area contributed by atoms with Crippen molar-refractivity contribution in [1.82, 2.24) is 0 Å². The highest BCUT2D eigenvalue weighted by atomic mass is 16.4. The maximum absolute atomic E-state index is 12.7. The van der Waals surface area contributed by atoms with Gasteiger partial charge in [0.2, 0.25) is 0 Å². The zero-order chi connectivity index (χ0) is 19.4. The van der Waals surface area contributed by atoms with Gasteiger partial charge >= 0.3 is 5.63 Å². The van der Waals surface area contributed by atoms with Crippen LogP contribution in [-0.4, -0.2) is 5.11 Å². The molecule has 0 bridgehead atoms. The van der Waals surface area contributed by atoms with Crippen LogP contribution < -0.4 is 5.63 Å². The number of hydrogen-bond donors (Lipinski definition) is 1. The van der Waals surface area contributed by atoms with Crippen molar-refractivity contribution in [1.29, 1.82) is 0 Å². The van der Waals surface area contributed by atoms with E-state index in [1.165, 1.54) is 12.8 Å². The van der Waals surface area contributed by atoms with Gasteiger partial charge in [0.1, 0.15) is 11.5 Å². The molecule has 146 valence electrons. The summed E-state index contributed by atoms with van der Waals surface area (Å²) in [6.45, 7) is 6.73. The van der Waals surface area contributed by atoms with Crippen LogP contribution in [0.2, 0.25) is 0 Å². The summed E-state index contributed by atoms with van der Waals surface area (Å²) < 4.78 is 5.63. The summed E-state index contributed by atoms with van der Waals surface area (Å²) in [5.41, 5.74) is 1.14. The Balaban J connectivity index is 1.76. The highest BCUT2D eigenvalue weighted by Gasteiger charge is 2.37. The Morgan fingerprint density at radius 1 is 1.07 bits per heavy atom. The van der Waals surface area contributed by atoms with Gasteiger partial charge in [-0.1, -0.05) is 63.9 Å². The van der Waals surface area contributed by atoms with Crippen molar-refractivity contribution in [3.05, 3.63) is 63.7 Å². The molecule has 0 spiro atoms. The molecule has 0 radical (unpaired) electrons. The molecule has 2 aromatic rings. The highest BCUT2D eigenvalue weighted by Crippen LogP contribution is 2.47. The largest absolute Gasteiger partial charge is 0.507 e. The van der Waals surface area contributed by atoms with Crippen LogP contribution in [0.5, 0.6) is 5.75 Å². The molecule has 1 fully saturated rings. The number of benzene rings is 1. The van der Waals surface area contributed by atoms with Gasteiger partial charge in [-0.3, -0.25) is 0 Å². The fourth-order valence-electron chi connectivity index (χ4n) is 3.86. The minimum absolute atomic E-state index is 0.0681. The van der Waals surface area contributed by atoms with Gasteiger partial charge in [-0.2, -0.15) is 0 Å². The van der Waals surface area contributed by atoms with Gasteiger partial charge < -0.3 is 9.52 Å². The van der Waals surface area contributed by atoms with E-state index in [0.29, 0.717) is 35.5 Å². The zero-order valence-electron chi connectivity index (χ0n) is 16.8. The van der Waals surface area contributed by atoms with Crippen molar-refractivity contribution >= 4 is 0 Å². The second-order valence-corrected chi connectivity index (χ2v) is 8.64. The molecule has 1 saturated carbocycles. The first-order valence-corrected chi connectivity index (χ1v) is 10.4. The predicted molar refractivity (Wildman–Crippen MR) is 109 cm³/mol. The van der Waals surface area contributed by atoms with Gasteiger partial charge in [0, 0.05) is 18.4 Å². The third-order valence-corrected chi connectivity index (χ3v) is 5.70. The molecule has 1 aliphatic rings. The van der Waals surface area contributed by atoms with Gasteiger partial charge in [-0.05, 0) is 42.6 Å². The van der Waals surface area contributed by atoms with Gasteiger partial charge in [-0.25, -0.2) is 4.79 Å². The van der Waals surface area contributed by atoms with Gasteiger partial charge in [0.25, 0.3) is 0 Å². The van der Waals surface area contributed by atoms with Gasteiger partial charge in [-0.15, -0.1) is 0 Å². The summed E-state index contributed by atoms with van der Waals surface area (Å²) in [6.07, 6.45) is 6.25. The lowest BCUT2D eigenvalue weighted by atomic mass is 9.87. The normalized spacial score (nSPS) is 16.4. The fraction of sp³-hybridized carbons (Fsp3) is 0.542. The van der Waals surface area contributed by atoms with Gasteiger partial charge in [0.05, 0.1) is 5.56 Å². The quantitative estimate of drug-likeness (QED) is 0.600. The smallest absolute Gasteiger partial charge is 0.343 e. The molecular weight excluding hydrogens is 336 g/mol. The van der Waals surface area contributed by atoms with Crippen LogP contribution in [0.25, 0.3) is 0 Å². The predicted octanol–water partition coefficient (Wildman–Crippen LogP) is 5.89. The van der Waals surface area contributed by atoms with Crippen molar-refractivity contribution in [2.45, 2.75) is 65.2 Å². The van der Waals surface area contributed by atoms with Crippen molar-refractivity contribution in [2.24, 2.45) is 17.8 Å². The molecule has 3 nitrogen and oxygen atoms in total. The summed E-state index contributed by atoms with van der Waals surface area (Å²) in [7, 11) is 0. The lowest BCUT2D eigenvalue weighted by Crippen LogP contribution is -2.16. The Labute approximate surface area is 162 Å². The Morgan fingerprint density at radius 2 is 1.78 bits per heavy atom. The van der Waals surface area contributed by atoms with Crippen LogP contribution in [-0.2, 0) is 6.42 Å². The van der Waals surface area contributed by atoms with Crippen LogP contribution in [0.3, 0.4) is 0 Å². The van der Waals surface area contributed by atoms with Crippen molar-refractivity contribution in [3.8, 4) is 5.75 Å². The molecule has 3 rings (SSSR count). The van der Waals surface area contributed by atoms with E-state index in [-0.39, 0.29) is 17.3 Å². The summed E-state index contributed by atoms with van der Waals surface area (Å²) in [5, 5.41) is 10.7. The summed E-state index contributed by atoms with van der Waals surface area (Å²) >= 11 is 0. The minimum Gasteiger partial charge on any atom is -0.507 e. The third kappa shape index (κ3) is 5.24. The monoisotopic (exact) mass is 368 g/mol. The Bertz CT molecular complexity index is 787. The molecule has 2 unspecified atom stereocenters. The van der Waals surface area contributed by atoms with E-state index >= 15 is 0 Å². The summed E-state index contributed by atoms with van der Waals surface area (Å²) in [4.78, 5) is 12.7. The second-order valence-electron chi connectivity index (χ2n) is 8.64. The van der Waals surface area contributed by atoms with E-state index in [0.717, 1.165) is 24.8 Å². The molecular formula is C24H32O3. The molecule has 1 heterocycles. The molecule has 0 amide bonds. The lowest BCUT2D eigenvalue weighted by molar-refractivity contribution is 0.378. The van der Waals surface area contributed by atoms with Crippen molar-refractivity contribution < 1.29 is 9.52 Å². The number of hydrogen-bond acceptors (Lipinski definition) is 3. The number of rotatable bonds is 9. The SMILES string of the molecule is CC(C)CCC(C)CCc1cc(O)c(C(c2ccccc2)C2CC2)c(=O)o1. The van der Waals surface area contributed by atoms with Crippen LogP contribution in [0, 0.1) is 17.8 Å². The molecule has 27 heavy (non-hydrogen) atoms. The van der Waals surface area contributed by atoms with E-state index in [9.17, 15) is 9.90 Å². The fourth-order valence-corrected chi connectivity index (χ4v) is 3.86. The molecule has 3 heteroatoms. The highest BCUT2D eigenvalue weighted by molar-refractivity contribution is 5.41. The first-order valence-electron chi connectivity index (χ1n) is 10.4. The molecule has 0 aliphatic heterocycles. The van der Waals surface area contributed by atoms with Crippen LogP contribution in [0.1, 0.15) is 75.7 Å². The first kappa shape index (κ1) is 19.7. The van der Waals surface area contributed by atoms with Crippen molar-refractivity contribution in [3.63, 3.8) is 0 Å². The van der Waals surface area contributed by atoms with Gasteiger partial charge in [0.15, 0.2) is 0 Å². The molecule has 1 aromatic carbocycles. The van der Waals surface area contributed by atoms with E-state index in [4.69, 9.17) is 4.42 Å². The number of aromatic hydroxyl groups is 1. The Morgan fingerprint density at radius 3 is 2.37 bits per heavy atom. The molecule has 1 N–H and O–H groups in total. The lowest BCUT2D eigenvalue weighted by Gasteiger charge is -2.18. The molecule has 0 saturated heterocycles. The van der Waals surface area contributed by atoms with E-state index in [2.05, 4.69) is 20.8 Å². The maximum Gasteiger partial charge on any atom is 0.343 e. The molecule has 1 aromatic heterocycles. The standard InChI is InChI=1S/C24H32O3/c1-16(2)9-10-17(3)11-14-20-15-21(25)23(24(26)27-20)22(19-12-13-19)18-7-5-4-6-8-18/h4-8,15-17,19,22,25H,9-14H2,1-3H3. The van der Waals surface area contributed by atoms with Crippen LogP contribution in [0.15, 0.2) is 45.6 Å². The van der Waals surface area contributed by atoms with Crippen molar-refractivity contribution in [2.75, 3.05) is 0 Å². The first-order chi connectivity index (χ1) is 13.0. The van der Waals surface area contributed by atoms with E-state index in [1.54, 1.807) is 6.07 Å². The summed E-state index contributed by atoms with van der Waals surface area (Å²) in [5.74, 6) is 2.34. The topological polar surface area (TPSA) is 50.4 Å².